The summed E-state index contributed by atoms with van der Waals surface area (Å²) in [6.07, 6.45) is 4.21. The van der Waals surface area contributed by atoms with Crippen LogP contribution in [0, 0.1) is 19.7 Å². The number of nitrogens with zero attached hydrogens (tertiary/aromatic N) is 2. The third-order valence-electron chi connectivity index (χ3n) is 7.53. The first-order valence-corrected chi connectivity index (χ1v) is 15.5. The molecule has 0 aliphatic heterocycles. The van der Waals surface area contributed by atoms with E-state index in [0.717, 1.165) is 41.1 Å². The molecule has 1 N–H and O–H groups in total. The molecule has 1 aliphatic carbocycles. The minimum atomic E-state index is -4.13. The molecule has 1 saturated carbocycles. The predicted octanol–water partition coefficient (Wildman–Crippen LogP) is 5.50. The molecule has 0 saturated heterocycles. The summed E-state index contributed by atoms with van der Waals surface area (Å²) in [6, 6.07) is 18.4. The Morgan fingerprint density at radius 1 is 0.951 bits per heavy atom. The first-order valence-electron chi connectivity index (χ1n) is 14.1. The van der Waals surface area contributed by atoms with Crippen molar-refractivity contribution >= 4 is 27.5 Å². The monoisotopic (exact) mass is 579 g/mol. The van der Waals surface area contributed by atoms with Gasteiger partial charge in [-0.05, 0) is 80.6 Å². The first-order chi connectivity index (χ1) is 19.6. The van der Waals surface area contributed by atoms with E-state index < -0.39 is 34.3 Å². The van der Waals surface area contributed by atoms with Crippen LogP contribution in [0.5, 0.6) is 0 Å². The Labute approximate surface area is 242 Å². The third kappa shape index (κ3) is 7.52. The first kappa shape index (κ1) is 30.2. The van der Waals surface area contributed by atoms with E-state index in [2.05, 4.69) is 5.32 Å². The van der Waals surface area contributed by atoms with Crippen molar-refractivity contribution in [2.45, 2.75) is 76.4 Å². The topological polar surface area (TPSA) is 86.8 Å². The molecule has 218 valence electrons. The molecule has 0 spiro atoms. The molecule has 4 rings (SSSR count). The molecule has 0 heterocycles. The minimum Gasteiger partial charge on any atom is -0.352 e. The highest BCUT2D eigenvalue weighted by atomic mass is 32.2. The van der Waals surface area contributed by atoms with Gasteiger partial charge in [0.15, 0.2) is 0 Å². The smallest absolute Gasteiger partial charge is 0.264 e. The molecule has 41 heavy (non-hydrogen) atoms. The average Bonchev–Trinajstić information content (AvgIpc) is 3.45. The summed E-state index contributed by atoms with van der Waals surface area (Å²) in [5.74, 6) is -1.20. The number of amides is 2. The van der Waals surface area contributed by atoms with Gasteiger partial charge in [-0.15, -0.1) is 0 Å². The van der Waals surface area contributed by atoms with Crippen LogP contribution in [0.1, 0.15) is 55.7 Å². The van der Waals surface area contributed by atoms with Gasteiger partial charge in [-0.1, -0.05) is 61.7 Å². The Balaban J connectivity index is 1.71. The molecule has 1 atom stereocenters. The number of carbonyl (C=O) groups excluding carboxylic acids is 2. The second-order valence-electron chi connectivity index (χ2n) is 10.7. The van der Waals surface area contributed by atoms with Gasteiger partial charge in [0.1, 0.15) is 18.4 Å². The van der Waals surface area contributed by atoms with Gasteiger partial charge in [-0.3, -0.25) is 13.9 Å². The lowest BCUT2D eigenvalue weighted by Crippen LogP contribution is -2.53. The van der Waals surface area contributed by atoms with Crippen molar-refractivity contribution in [3.05, 3.63) is 95.3 Å². The van der Waals surface area contributed by atoms with Crippen molar-refractivity contribution in [1.29, 1.82) is 0 Å². The normalized spacial score (nSPS) is 14.4. The number of sulfonamides is 1. The second-order valence-corrected chi connectivity index (χ2v) is 12.6. The van der Waals surface area contributed by atoms with Gasteiger partial charge in [0.25, 0.3) is 10.0 Å². The Morgan fingerprint density at radius 2 is 1.61 bits per heavy atom. The molecule has 0 radical (unpaired) electrons. The molecular weight excluding hydrogens is 541 g/mol. The Bertz CT molecular complexity index is 1450. The molecule has 0 unspecified atom stereocenters. The number of halogens is 1. The highest BCUT2D eigenvalue weighted by Crippen LogP contribution is 2.26. The van der Waals surface area contributed by atoms with Crippen molar-refractivity contribution in [2.24, 2.45) is 0 Å². The summed E-state index contributed by atoms with van der Waals surface area (Å²) < 4.78 is 42.7. The maximum atomic E-state index is 14.1. The van der Waals surface area contributed by atoms with Gasteiger partial charge in [0, 0.05) is 12.6 Å². The van der Waals surface area contributed by atoms with Crippen molar-refractivity contribution in [3.8, 4) is 0 Å². The molecule has 0 aromatic heterocycles. The number of nitrogens with one attached hydrogen (secondary N) is 1. The lowest BCUT2D eigenvalue weighted by Gasteiger charge is -2.34. The highest BCUT2D eigenvalue weighted by molar-refractivity contribution is 7.92. The SMILES string of the molecule is CC[C@H](C(=O)NC1CCCC1)N(Cc1ccc(F)cc1)C(=O)CN(c1cccc(C)c1)S(=O)(=O)c1ccc(C)cc1. The molecule has 3 aromatic carbocycles. The number of benzene rings is 3. The number of carbonyl (C=O) groups is 2. The fraction of sp³-hybridized carbons (Fsp3) is 0.375. The summed E-state index contributed by atoms with van der Waals surface area (Å²) in [6.45, 7) is 5.07. The van der Waals surface area contributed by atoms with E-state index in [0.29, 0.717) is 17.7 Å². The Hall–Kier alpha value is -3.72. The number of hydrogen-bond donors (Lipinski definition) is 1. The van der Waals surface area contributed by atoms with Crippen molar-refractivity contribution in [3.63, 3.8) is 0 Å². The maximum absolute atomic E-state index is 14.1. The molecule has 1 aliphatic rings. The van der Waals surface area contributed by atoms with E-state index in [1.54, 1.807) is 42.5 Å². The minimum absolute atomic E-state index is 0.0297. The van der Waals surface area contributed by atoms with E-state index in [9.17, 15) is 22.4 Å². The van der Waals surface area contributed by atoms with Crippen LogP contribution in [0.25, 0.3) is 0 Å². The zero-order chi connectivity index (χ0) is 29.6. The molecular formula is C32H38FN3O4S. The summed E-state index contributed by atoms with van der Waals surface area (Å²) in [5, 5.41) is 3.09. The van der Waals surface area contributed by atoms with E-state index >= 15 is 0 Å². The van der Waals surface area contributed by atoms with Crippen LogP contribution in [0.2, 0.25) is 0 Å². The second kappa shape index (κ2) is 13.3. The molecule has 7 nitrogen and oxygen atoms in total. The number of anilines is 1. The molecule has 3 aromatic rings. The quantitative estimate of drug-likeness (QED) is 0.325. The van der Waals surface area contributed by atoms with Gasteiger partial charge in [-0.2, -0.15) is 0 Å². The van der Waals surface area contributed by atoms with Crippen LogP contribution in [0.3, 0.4) is 0 Å². The van der Waals surface area contributed by atoms with E-state index in [4.69, 9.17) is 0 Å². The van der Waals surface area contributed by atoms with Gasteiger partial charge < -0.3 is 10.2 Å². The highest BCUT2D eigenvalue weighted by Gasteiger charge is 2.34. The van der Waals surface area contributed by atoms with Crippen LogP contribution >= 0.6 is 0 Å². The van der Waals surface area contributed by atoms with Crippen LogP contribution in [0.15, 0.2) is 77.7 Å². The van der Waals surface area contributed by atoms with Crippen molar-refractivity contribution < 1.29 is 22.4 Å². The number of aryl methyl sites for hydroxylation is 2. The van der Waals surface area contributed by atoms with Crippen LogP contribution < -0.4 is 9.62 Å². The van der Waals surface area contributed by atoms with Crippen LogP contribution in [-0.4, -0.2) is 43.8 Å². The average molecular weight is 580 g/mol. The number of hydrogen-bond acceptors (Lipinski definition) is 4. The zero-order valence-electron chi connectivity index (χ0n) is 23.8. The maximum Gasteiger partial charge on any atom is 0.264 e. The molecule has 0 bridgehead atoms. The largest absolute Gasteiger partial charge is 0.352 e. The molecule has 9 heteroatoms. The van der Waals surface area contributed by atoms with E-state index in [1.807, 2.05) is 26.8 Å². The zero-order valence-corrected chi connectivity index (χ0v) is 24.7. The standard InChI is InChI=1S/C32H38FN3O4S/c1-4-30(32(38)34-27-9-5-6-10-27)35(21-25-14-16-26(33)17-15-25)31(37)22-36(28-11-7-8-24(3)20-28)41(39,40)29-18-12-23(2)13-19-29/h7-8,11-20,27,30H,4-6,9-10,21-22H2,1-3H3,(H,34,38)/t30-/m1/s1. The lowest BCUT2D eigenvalue weighted by molar-refractivity contribution is -0.140. The van der Waals surface area contributed by atoms with Gasteiger partial charge >= 0.3 is 0 Å². The number of rotatable bonds is 11. The van der Waals surface area contributed by atoms with Crippen molar-refractivity contribution in [1.82, 2.24) is 10.2 Å². The summed E-state index contributed by atoms with van der Waals surface area (Å²) in [7, 11) is -4.13. The third-order valence-corrected chi connectivity index (χ3v) is 9.32. The predicted molar refractivity (Wildman–Crippen MR) is 158 cm³/mol. The van der Waals surface area contributed by atoms with E-state index in [1.165, 1.54) is 29.2 Å². The van der Waals surface area contributed by atoms with Gasteiger partial charge in [0.05, 0.1) is 10.6 Å². The van der Waals surface area contributed by atoms with E-state index in [-0.39, 0.29) is 23.4 Å². The summed E-state index contributed by atoms with van der Waals surface area (Å²) in [4.78, 5) is 29.1. The fourth-order valence-electron chi connectivity index (χ4n) is 5.22. The molecule has 1 fully saturated rings. The van der Waals surface area contributed by atoms with Gasteiger partial charge in [-0.25, -0.2) is 12.8 Å². The summed E-state index contributed by atoms with van der Waals surface area (Å²) >= 11 is 0. The Kier molecular flexibility index (Phi) is 9.81. The summed E-state index contributed by atoms with van der Waals surface area (Å²) in [5.41, 5.74) is 2.73. The van der Waals surface area contributed by atoms with Crippen LogP contribution in [-0.2, 0) is 26.2 Å². The Morgan fingerprint density at radius 3 is 2.22 bits per heavy atom. The van der Waals surface area contributed by atoms with Crippen molar-refractivity contribution in [2.75, 3.05) is 10.8 Å². The fourth-order valence-corrected chi connectivity index (χ4v) is 6.63. The lowest BCUT2D eigenvalue weighted by atomic mass is 10.1. The van der Waals surface area contributed by atoms with Gasteiger partial charge in [0.2, 0.25) is 11.8 Å². The van der Waals surface area contributed by atoms with Crippen LogP contribution in [0.4, 0.5) is 10.1 Å². The molecule has 2 amide bonds.